The minimum absolute atomic E-state index is 0.172. The highest BCUT2D eigenvalue weighted by molar-refractivity contribution is 5.84. The van der Waals surface area contributed by atoms with Gasteiger partial charge in [-0.1, -0.05) is 37.3 Å². The Morgan fingerprint density at radius 3 is 2.71 bits per heavy atom. The predicted octanol–water partition coefficient (Wildman–Crippen LogP) is 3.71. The largest absolute Gasteiger partial charge is 0.343 e. The molecule has 0 aromatic heterocycles. The highest BCUT2D eigenvalue weighted by atomic mass is 16.2. The number of hydrogen-bond acceptors (Lipinski definition) is 4. The zero-order valence-corrected chi connectivity index (χ0v) is 19.4. The number of rotatable bonds is 8. The van der Waals surface area contributed by atoms with E-state index in [0.717, 1.165) is 50.9 Å². The van der Waals surface area contributed by atoms with Crippen molar-refractivity contribution in [2.45, 2.75) is 51.6 Å². The third-order valence-electron chi connectivity index (χ3n) is 6.51. The molecule has 0 spiro atoms. The number of urea groups is 1. The Labute approximate surface area is 187 Å². The van der Waals surface area contributed by atoms with Crippen LogP contribution < -0.4 is 0 Å². The maximum Gasteiger partial charge on any atom is 0.343 e. The molecule has 2 amide bonds. The first kappa shape index (κ1) is 23.6. The first-order valence-corrected chi connectivity index (χ1v) is 11.7. The number of amides is 2. The summed E-state index contributed by atoms with van der Waals surface area (Å²) in [5, 5.41) is 0. The van der Waals surface area contributed by atoms with E-state index in [-0.39, 0.29) is 11.9 Å². The summed E-state index contributed by atoms with van der Waals surface area (Å²) in [6.45, 7) is 6.21. The van der Waals surface area contributed by atoms with Crippen LogP contribution in [0.1, 0.15) is 44.6 Å². The fourth-order valence-corrected chi connectivity index (χ4v) is 4.97. The first-order valence-electron chi connectivity index (χ1n) is 11.7. The van der Waals surface area contributed by atoms with Crippen LogP contribution in [0.2, 0.25) is 0 Å². The zero-order valence-electron chi connectivity index (χ0n) is 19.4. The molecule has 1 aliphatic carbocycles. The fourth-order valence-electron chi connectivity index (χ4n) is 4.97. The molecular weight excluding hydrogens is 388 g/mol. The second-order valence-electron chi connectivity index (χ2n) is 9.37. The molecule has 6 nitrogen and oxygen atoms in total. The van der Waals surface area contributed by atoms with Crippen LogP contribution in [0, 0.1) is 11.8 Å². The Morgan fingerprint density at radius 2 is 2.00 bits per heavy atom. The summed E-state index contributed by atoms with van der Waals surface area (Å²) in [6.07, 6.45) is 6.33. The third-order valence-corrected chi connectivity index (χ3v) is 6.51. The van der Waals surface area contributed by atoms with Gasteiger partial charge in [-0.3, -0.25) is 9.69 Å². The second-order valence-corrected chi connectivity index (χ2v) is 9.37. The van der Waals surface area contributed by atoms with E-state index in [9.17, 15) is 9.59 Å². The van der Waals surface area contributed by atoms with E-state index in [1.54, 1.807) is 0 Å². The Balaban J connectivity index is 1.66. The average Bonchev–Trinajstić information content (AvgIpc) is 2.75. The van der Waals surface area contributed by atoms with Crippen LogP contribution in [0.4, 0.5) is 4.79 Å². The van der Waals surface area contributed by atoms with Crippen molar-refractivity contribution in [3.8, 4) is 0 Å². The van der Waals surface area contributed by atoms with E-state index in [2.05, 4.69) is 21.7 Å². The molecule has 1 aromatic rings. The topological polar surface area (TPSA) is 56.2 Å². The van der Waals surface area contributed by atoms with Gasteiger partial charge >= 0.3 is 6.03 Å². The number of piperidine rings is 1. The summed E-state index contributed by atoms with van der Waals surface area (Å²) in [6, 6.07) is 10.4. The van der Waals surface area contributed by atoms with Crippen LogP contribution in [0.15, 0.2) is 35.3 Å². The summed E-state index contributed by atoms with van der Waals surface area (Å²) in [4.78, 5) is 35.9. The van der Waals surface area contributed by atoms with Crippen LogP contribution in [-0.4, -0.2) is 79.0 Å². The van der Waals surface area contributed by atoms with E-state index in [1.807, 2.05) is 55.5 Å². The molecule has 0 N–H and O–H groups in total. The third kappa shape index (κ3) is 6.97. The van der Waals surface area contributed by atoms with Crippen molar-refractivity contribution in [1.29, 1.82) is 0 Å². The molecule has 170 valence electrons. The van der Waals surface area contributed by atoms with Gasteiger partial charge in [0.1, 0.15) is 5.78 Å². The van der Waals surface area contributed by atoms with Gasteiger partial charge in [0.05, 0.1) is 0 Å². The monoisotopic (exact) mass is 426 g/mol. The lowest BCUT2D eigenvalue weighted by Crippen LogP contribution is -2.51. The van der Waals surface area contributed by atoms with Crippen LogP contribution >= 0.6 is 0 Å². The molecule has 2 aliphatic rings. The second kappa shape index (κ2) is 11.5. The number of benzene rings is 1. The van der Waals surface area contributed by atoms with Gasteiger partial charge in [0.2, 0.25) is 0 Å². The number of fused-ring (bicyclic) bond motifs is 1. The fraction of sp³-hybridized carbons (Fsp3) is 0.640. The van der Waals surface area contributed by atoms with Crippen LogP contribution in [0.25, 0.3) is 0 Å². The van der Waals surface area contributed by atoms with Crippen LogP contribution in [0.5, 0.6) is 0 Å². The molecule has 2 fully saturated rings. The number of ketones is 1. The van der Waals surface area contributed by atoms with Gasteiger partial charge in [-0.05, 0) is 51.4 Å². The van der Waals surface area contributed by atoms with Crippen molar-refractivity contribution in [2.24, 2.45) is 16.8 Å². The number of carbonyl (C=O) groups is 2. The molecular formula is C25H38N4O2. The number of likely N-dealkylation sites (tertiary alicyclic amines) is 1. The van der Waals surface area contributed by atoms with Gasteiger partial charge in [-0.15, -0.1) is 0 Å². The van der Waals surface area contributed by atoms with Crippen molar-refractivity contribution in [2.75, 3.05) is 40.3 Å². The van der Waals surface area contributed by atoms with Gasteiger partial charge < -0.3 is 9.80 Å². The van der Waals surface area contributed by atoms with E-state index in [0.29, 0.717) is 37.3 Å². The molecule has 31 heavy (non-hydrogen) atoms. The zero-order chi connectivity index (χ0) is 22.2. The number of likely N-dealkylation sites (N-methyl/N-ethyl adjacent to an activating group) is 1. The van der Waals surface area contributed by atoms with Crippen LogP contribution in [-0.2, 0) is 11.3 Å². The van der Waals surface area contributed by atoms with E-state index in [1.165, 1.54) is 0 Å². The summed E-state index contributed by atoms with van der Waals surface area (Å²) < 4.78 is 0. The Kier molecular flexibility index (Phi) is 8.79. The highest BCUT2D eigenvalue weighted by Crippen LogP contribution is 2.36. The molecule has 0 bridgehead atoms. The summed E-state index contributed by atoms with van der Waals surface area (Å²) in [5.74, 6) is 1.03. The van der Waals surface area contributed by atoms with Gasteiger partial charge in [0.25, 0.3) is 0 Å². The molecule has 1 saturated heterocycles. The van der Waals surface area contributed by atoms with Crippen molar-refractivity contribution in [3.05, 3.63) is 35.9 Å². The molecule has 1 saturated carbocycles. The average molecular weight is 427 g/mol. The van der Waals surface area contributed by atoms with Crippen molar-refractivity contribution in [1.82, 2.24) is 14.7 Å². The number of aliphatic imine (C=N–C) groups is 1. The molecule has 0 radical (unpaired) electrons. The summed E-state index contributed by atoms with van der Waals surface area (Å²) in [7, 11) is 4.03. The van der Waals surface area contributed by atoms with Crippen LogP contribution in [0.3, 0.4) is 0 Å². The van der Waals surface area contributed by atoms with Gasteiger partial charge in [-0.25, -0.2) is 9.79 Å². The van der Waals surface area contributed by atoms with E-state index < -0.39 is 0 Å². The SMILES string of the molecule is CCCN1CC(/C=N/C(=O)N(CCN(C)C)Cc2ccccc2)C[C@@H]2CC(=O)CCC21. The molecule has 3 rings (SSSR count). The maximum absolute atomic E-state index is 13.0. The predicted molar refractivity (Wildman–Crippen MR) is 125 cm³/mol. The molecule has 1 aromatic carbocycles. The molecule has 2 unspecified atom stereocenters. The molecule has 6 heteroatoms. The Bertz CT molecular complexity index is 749. The van der Waals surface area contributed by atoms with Crippen molar-refractivity contribution >= 4 is 18.0 Å². The number of nitrogens with zero attached hydrogens (tertiary/aromatic N) is 4. The quantitative estimate of drug-likeness (QED) is 0.595. The van der Waals surface area contributed by atoms with Gasteiger partial charge in [-0.2, -0.15) is 0 Å². The molecule has 1 aliphatic heterocycles. The number of carbonyl (C=O) groups excluding carboxylic acids is 2. The standard InChI is InChI=1S/C25H38N4O2/c1-4-12-28-19-21(15-22-16-23(30)10-11-24(22)28)17-26-25(31)29(14-13-27(2)3)18-20-8-6-5-7-9-20/h5-9,17,21-22,24H,4,10-16,18-19H2,1-3H3/b26-17+/t21?,22-,24?/m1/s1. The van der Waals surface area contributed by atoms with Gasteiger partial charge in [0.15, 0.2) is 0 Å². The maximum atomic E-state index is 13.0. The van der Waals surface area contributed by atoms with Crippen molar-refractivity contribution in [3.63, 3.8) is 0 Å². The van der Waals surface area contributed by atoms with Crippen molar-refractivity contribution < 1.29 is 9.59 Å². The van der Waals surface area contributed by atoms with Gasteiger partial charge in [0, 0.05) is 57.2 Å². The van der Waals surface area contributed by atoms with E-state index >= 15 is 0 Å². The Morgan fingerprint density at radius 1 is 1.23 bits per heavy atom. The highest BCUT2D eigenvalue weighted by Gasteiger charge is 2.38. The summed E-state index contributed by atoms with van der Waals surface area (Å²) >= 11 is 0. The minimum atomic E-state index is -0.172. The van der Waals surface area contributed by atoms with E-state index in [4.69, 9.17) is 0 Å². The minimum Gasteiger partial charge on any atom is -0.317 e. The Hall–Kier alpha value is -2.05. The molecule has 1 heterocycles. The number of Topliss-reactive ketones (excluding diaryl/α,β-unsaturated/α-hetero) is 1. The summed E-state index contributed by atoms with van der Waals surface area (Å²) in [5.41, 5.74) is 1.11. The lowest BCUT2D eigenvalue weighted by atomic mass is 9.74. The normalized spacial score (nSPS) is 24.5. The first-order chi connectivity index (χ1) is 15.0. The lowest BCUT2D eigenvalue weighted by Gasteiger charge is -2.46. The smallest absolute Gasteiger partial charge is 0.317 e. The lowest BCUT2D eigenvalue weighted by molar-refractivity contribution is -0.124. The number of hydrogen-bond donors (Lipinski definition) is 0. The molecule has 3 atom stereocenters.